The minimum Gasteiger partial charge on any atom is -0.327 e. The largest absolute Gasteiger partial charge is 0.327 e. The fraction of sp³-hybridized carbons (Fsp3) is 0.438. The summed E-state index contributed by atoms with van der Waals surface area (Å²) in [5.41, 5.74) is 9.93. The normalized spacial score (nSPS) is 12.6. The molecule has 0 aliphatic rings. The van der Waals surface area contributed by atoms with Gasteiger partial charge < -0.3 is 5.73 Å². The van der Waals surface area contributed by atoms with Crippen molar-refractivity contribution in [3.63, 3.8) is 0 Å². The van der Waals surface area contributed by atoms with Gasteiger partial charge >= 0.3 is 0 Å². The molecular weight excluding hydrogens is 234 g/mol. The molecule has 0 amide bonds. The van der Waals surface area contributed by atoms with Crippen molar-refractivity contribution in [2.45, 2.75) is 45.7 Å². The van der Waals surface area contributed by atoms with Gasteiger partial charge in [-0.05, 0) is 38.3 Å². The third-order valence-corrected chi connectivity index (χ3v) is 3.40. The Morgan fingerprint density at radius 1 is 1.26 bits per heavy atom. The van der Waals surface area contributed by atoms with Crippen molar-refractivity contribution in [3.05, 3.63) is 53.3 Å². The van der Waals surface area contributed by atoms with Gasteiger partial charge in [-0.1, -0.05) is 30.3 Å². The highest BCUT2D eigenvalue weighted by Crippen LogP contribution is 2.10. The summed E-state index contributed by atoms with van der Waals surface area (Å²) < 4.78 is 2.05. The van der Waals surface area contributed by atoms with Crippen LogP contribution in [0, 0.1) is 6.92 Å². The number of benzene rings is 1. The number of aromatic nitrogens is 2. The Hall–Kier alpha value is -1.61. The predicted octanol–water partition coefficient (Wildman–Crippen LogP) is 2.71. The molecule has 2 N–H and O–H groups in total. The number of nitrogens with two attached hydrogens (primary N) is 1. The Kier molecular flexibility index (Phi) is 4.74. The van der Waals surface area contributed by atoms with Crippen LogP contribution < -0.4 is 5.73 Å². The molecular formula is C16H23N3. The smallest absolute Gasteiger partial charge is 0.0596 e. The summed E-state index contributed by atoms with van der Waals surface area (Å²) in [5.74, 6) is 0. The number of hydrogen-bond donors (Lipinski definition) is 1. The lowest BCUT2D eigenvalue weighted by atomic mass is 10.0. The second-order valence-corrected chi connectivity index (χ2v) is 5.08. The van der Waals surface area contributed by atoms with E-state index in [9.17, 15) is 0 Å². The lowest BCUT2D eigenvalue weighted by Gasteiger charge is -2.12. The molecule has 102 valence electrons. The highest BCUT2D eigenvalue weighted by atomic mass is 15.3. The van der Waals surface area contributed by atoms with Crippen molar-refractivity contribution in [3.8, 4) is 0 Å². The average molecular weight is 257 g/mol. The van der Waals surface area contributed by atoms with Gasteiger partial charge in [0.15, 0.2) is 0 Å². The molecule has 0 bridgehead atoms. The third-order valence-electron chi connectivity index (χ3n) is 3.40. The number of nitrogens with zero attached hydrogens (tertiary/aromatic N) is 2. The maximum absolute atomic E-state index is 6.25. The Morgan fingerprint density at radius 3 is 2.68 bits per heavy atom. The zero-order valence-corrected chi connectivity index (χ0v) is 11.8. The molecule has 0 aliphatic carbocycles. The summed E-state index contributed by atoms with van der Waals surface area (Å²) in [7, 11) is 0. The van der Waals surface area contributed by atoms with E-state index in [2.05, 4.69) is 47.0 Å². The molecule has 2 rings (SSSR count). The quantitative estimate of drug-likeness (QED) is 0.864. The van der Waals surface area contributed by atoms with Crippen molar-refractivity contribution >= 4 is 0 Å². The molecule has 3 heteroatoms. The maximum atomic E-state index is 6.25. The first-order valence-electron chi connectivity index (χ1n) is 7.02. The summed E-state index contributed by atoms with van der Waals surface area (Å²) in [6.07, 6.45) is 2.96. The van der Waals surface area contributed by atoms with E-state index < -0.39 is 0 Å². The highest BCUT2D eigenvalue weighted by molar-refractivity contribution is 5.15. The molecule has 1 unspecified atom stereocenters. The Morgan fingerprint density at radius 2 is 2.00 bits per heavy atom. The van der Waals surface area contributed by atoms with Gasteiger partial charge in [-0.2, -0.15) is 5.10 Å². The minimum atomic E-state index is 0.196. The molecule has 0 fully saturated rings. The van der Waals surface area contributed by atoms with E-state index in [0.29, 0.717) is 0 Å². The first-order valence-corrected chi connectivity index (χ1v) is 7.02. The van der Waals surface area contributed by atoms with E-state index in [4.69, 9.17) is 5.73 Å². The molecule has 0 aliphatic heterocycles. The summed E-state index contributed by atoms with van der Waals surface area (Å²) in [6, 6.07) is 12.9. The molecule has 1 aromatic heterocycles. The molecule has 0 saturated carbocycles. The van der Waals surface area contributed by atoms with E-state index in [1.165, 1.54) is 11.3 Å². The third kappa shape index (κ3) is 3.93. The second kappa shape index (κ2) is 6.53. The SMILES string of the molecule is CCn1nc(C)cc1CC(N)CCc1ccccc1. The number of aryl methyl sites for hydroxylation is 3. The summed E-state index contributed by atoms with van der Waals surface area (Å²) in [5, 5.41) is 4.46. The standard InChI is InChI=1S/C16H23N3/c1-3-19-16(11-13(2)18-19)12-15(17)10-9-14-7-5-4-6-8-14/h4-8,11,15H,3,9-10,12,17H2,1-2H3. The Labute approximate surface area is 115 Å². The van der Waals surface area contributed by atoms with Crippen molar-refractivity contribution in [2.24, 2.45) is 5.73 Å². The van der Waals surface area contributed by atoms with Crippen LogP contribution in [0.4, 0.5) is 0 Å². The Balaban J connectivity index is 1.88. The van der Waals surface area contributed by atoms with Crippen molar-refractivity contribution < 1.29 is 0 Å². The molecule has 1 aromatic carbocycles. The van der Waals surface area contributed by atoms with Crippen LogP contribution in [0.1, 0.15) is 30.3 Å². The first kappa shape index (κ1) is 13.8. The van der Waals surface area contributed by atoms with Crippen molar-refractivity contribution in [2.75, 3.05) is 0 Å². The molecule has 19 heavy (non-hydrogen) atoms. The van der Waals surface area contributed by atoms with E-state index in [0.717, 1.165) is 31.5 Å². The first-order chi connectivity index (χ1) is 9.19. The predicted molar refractivity (Wildman–Crippen MR) is 79.1 cm³/mol. The summed E-state index contributed by atoms with van der Waals surface area (Å²) in [4.78, 5) is 0. The van der Waals surface area contributed by atoms with E-state index in [1.807, 2.05) is 13.0 Å². The molecule has 1 atom stereocenters. The highest BCUT2D eigenvalue weighted by Gasteiger charge is 2.09. The summed E-state index contributed by atoms with van der Waals surface area (Å²) in [6.45, 7) is 5.06. The molecule has 3 nitrogen and oxygen atoms in total. The van der Waals surface area contributed by atoms with Gasteiger partial charge in [-0.3, -0.25) is 4.68 Å². The van der Waals surface area contributed by atoms with Crippen LogP contribution in [-0.2, 0) is 19.4 Å². The Bertz CT molecular complexity index is 502. The molecule has 0 saturated heterocycles. The monoisotopic (exact) mass is 257 g/mol. The van der Waals surface area contributed by atoms with E-state index in [1.54, 1.807) is 0 Å². The maximum Gasteiger partial charge on any atom is 0.0596 e. The van der Waals surface area contributed by atoms with Crippen LogP contribution in [0.2, 0.25) is 0 Å². The van der Waals surface area contributed by atoms with Gasteiger partial charge in [-0.15, -0.1) is 0 Å². The number of rotatable bonds is 6. The van der Waals surface area contributed by atoms with Crippen molar-refractivity contribution in [1.82, 2.24) is 9.78 Å². The summed E-state index contributed by atoms with van der Waals surface area (Å²) >= 11 is 0. The van der Waals surface area contributed by atoms with Crippen LogP contribution in [-0.4, -0.2) is 15.8 Å². The van der Waals surface area contributed by atoms with Gasteiger partial charge in [0, 0.05) is 24.7 Å². The topological polar surface area (TPSA) is 43.8 Å². The van der Waals surface area contributed by atoms with Gasteiger partial charge in [0.1, 0.15) is 0 Å². The van der Waals surface area contributed by atoms with Crippen LogP contribution in [0.15, 0.2) is 36.4 Å². The molecule has 0 radical (unpaired) electrons. The minimum absolute atomic E-state index is 0.196. The van der Waals surface area contributed by atoms with Crippen LogP contribution in [0.3, 0.4) is 0 Å². The molecule has 1 heterocycles. The van der Waals surface area contributed by atoms with Gasteiger partial charge in [0.2, 0.25) is 0 Å². The van der Waals surface area contributed by atoms with Gasteiger partial charge in [0.05, 0.1) is 5.69 Å². The zero-order chi connectivity index (χ0) is 13.7. The molecule has 2 aromatic rings. The number of hydrogen-bond acceptors (Lipinski definition) is 2. The van der Waals surface area contributed by atoms with Crippen molar-refractivity contribution in [1.29, 1.82) is 0 Å². The lowest BCUT2D eigenvalue weighted by molar-refractivity contribution is 0.554. The van der Waals surface area contributed by atoms with Crippen LogP contribution in [0.25, 0.3) is 0 Å². The fourth-order valence-electron chi connectivity index (χ4n) is 2.40. The lowest BCUT2D eigenvalue weighted by Crippen LogP contribution is -2.25. The average Bonchev–Trinajstić information content (AvgIpc) is 2.77. The van der Waals surface area contributed by atoms with Gasteiger partial charge in [0.25, 0.3) is 0 Å². The fourth-order valence-corrected chi connectivity index (χ4v) is 2.40. The zero-order valence-electron chi connectivity index (χ0n) is 11.8. The van der Waals surface area contributed by atoms with Gasteiger partial charge in [-0.25, -0.2) is 0 Å². The second-order valence-electron chi connectivity index (χ2n) is 5.08. The van der Waals surface area contributed by atoms with Crippen LogP contribution in [0.5, 0.6) is 0 Å². The van der Waals surface area contributed by atoms with Crippen LogP contribution >= 0.6 is 0 Å². The van der Waals surface area contributed by atoms with E-state index in [-0.39, 0.29) is 6.04 Å². The molecule has 0 spiro atoms. The van der Waals surface area contributed by atoms with E-state index >= 15 is 0 Å².